The Morgan fingerprint density at radius 2 is 2.25 bits per heavy atom. The van der Waals surface area contributed by atoms with E-state index in [4.69, 9.17) is 14.8 Å². The Labute approximate surface area is 114 Å². The van der Waals surface area contributed by atoms with E-state index in [1.807, 2.05) is 0 Å². The summed E-state index contributed by atoms with van der Waals surface area (Å²) in [6.45, 7) is 1.98. The fourth-order valence-electron chi connectivity index (χ4n) is 1.72. The molecule has 2 N–H and O–H groups in total. The Kier molecular flexibility index (Phi) is 3.71. The maximum Gasteiger partial charge on any atom is 0.371 e. The second-order valence-electron chi connectivity index (χ2n) is 4.16. The number of nitrogens with zero attached hydrogens (tertiary/aromatic N) is 1. The standard InChI is InChI=1S/C14H11FN2O3/c1-8-10(5-13(20-8)14(18)19)7-17-11-2-3-12(15)9(4-11)6-16/h2-5,17H,7H2,1H3,(H,18,19). The summed E-state index contributed by atoms with van der Waals surface area (Å²) in [5.41, 5.74) is 1.20. The Balaban J connectivity index is 2.13. The Morgan fingerprint density at radius 1 is 1.50 bits per heavy atom. The maximum atomic E-state index is 13.2. The maximum absolute atomic E-state index is 13.2. The third-order valence-electron chi connectivity index (χ3n) is 2.80. The fourth-order valence-corrected chi connectivity index (χ4v) is 1.72. The van der Waals surface area contributed by atoms with E-state index in [2.05, 4.69) is 5.32 Å². The number of carboxylic acids is 1. The highest BCUT2D eigenvalue weighted by Crippen LogP contribution is 2.18. The number of rotatable bonds is 4. The van der Waals surface area contributed by atoms with Crippen molar-refractivity contribution in [2.24, 2.45) is 0 Å². The average molecular weight is 274 g/mol. The number of carboxylic acid groups (broad SMARTS) is 1. The molecule has 1 aromatic heterocycles. The van der Waals surface area contributed by atoms with Gasteiger partial charge in [0.1, 0.15) is 17.6 Å². The zero-order chi connectivity index (χ0) is 14.7. The van der Waals surface area contributed by atoms with Crippen LogP contribution >= 0.6 is 0 Å². The molecule has 1 heterocycles. The third kappa shape index (κ3) is 2.78. The van der Waals surface area contributed by atoms with Crippen LogP contribution in [0.1, 0.15) is 27.4 Å². The predicted molar refractivity (Wildman–Crippen MR) is 68.8 cm³/mol. The molecule has 0 bridgehead atoms. The van der Waals surface area contributed by atoms with Gasteiger partial charge in [-0.15, -0.1) is 0 Å². The normalized spacial score (nSPS) is 10.1. The molecule has 1 aromatic carbocycles. The highest BCUT2D eigenvalue weighted by Gasteiger charge is 2.13. The molecule has 0 atom stereocenters. The van der Waals surface area contributed by atoms with Gasteiger partial charge in [-0.05, 0) is 31.2 Å². The second kappa shape index (κ2) is 5.45. The minimum atomic E-state index is -1.13. The van der Waals surface area contributed by atoms with E-state index in [1.54, 1.807) is 13.0 Å². The predicted octanol–water partition coefficient (Wildman–Crippen LogP) is 2.91. The molecule has 0 spiro atoms. The topological polar surface area (TPSA) is 86.3 Å². The van der Waals surface area contributed by atoms with Gasteiger partial charge in [0, 0.05) is 17.8 Å². The zero-order valence-electron chi connectivity index (χ0n) is 10.6. The lowest BCUT2D eigenvalue weighted by atomic mass is 10.2. The number of anilines is 1. The van der Waals surface area contributed by atoms with Crippen LogP contribution in [0.4, 0.5) is 10.1 Å². The molecular weight excluding hydrogens is 263 g/mol. The van der Waals surface area contributed by atoms with Crippen LogP contribution < -0.4 is 5.32 Å². The van der Waals surface area contributed by atoms with Gasteiger partial charge in [0.25, 0.3) is 0 Å². The van der Waals surface area contributed by atoms with Crippen LogP contribution in [0, 0.1) is 24.1 Å². The van der Waals surface area contributed by atoms with Crippen molar-refractivity contribution in [3.63, 3.8) is 0 Å². The van der Waals surface area contributed by atoms with Crippen LogP contribution in [0.15, 0.2) is 28.7 Å². The Morgan fingerprint density at radius 3 is 2.85 bits per heavy atom. The van der Waals surface area contributed by atoms with Crippen molar-refractivity contribution >= 4 is 11.7 Å². The molecule has 0 radical (unpaired) electrons. The first kappa shape index (κ1) is 13.6. The Bertz CT molecular complexity index is 701. The largest absolute Gasteiger partial charge is 0.475 e. The molecule has 0 aliphatic carbocycles. The van der Waals surface area contributed by atoms with Crippen molar-refractivity contribution in [2.75, 3.05) is 5.32 Å². The highest BCUT2D eigenvalue weighted by molar-refractivity contribution is 5.84. The summed E-state index contributed by atoms with van der Waals surface area (Å²) in [5, 5.41) is 20.5. The number of benzene rings is 1. The summed E-state index contributed by atoms with van der Waals surface area (Å²) in [4.78, 5) is 10.8. The molecule has 0 saturated heterocycles. The first-order chi connectivity index (χ1) is 9.51. The lowest BCUT2D eigenvalue weighted by Gasteiger charge is -2.06. The van der Waals surface area contributed by atoms with Gasteiger partial charge in [0.15, 0.2) is 0 Å². The molecule has 0 amide bonds. The van der Waals surface area contributed by atoms with E-state index >= 15 is 0 Å². The smallest absolute Gasteiger partial charge is 0.371 e. The lowest BCUT2D eigenvalue weighted by molar-refractivity contribution is 0.0661. The number of aromatic carboxylic acids is 1. The van der Waals surface area contributed by atoms with Crippen molar-refractivity contribution in [2.45, 2.75) is 13.5 Å². The number of aryl methyl sites for hydroxylation is 1. The molecule has 6 heteroatoms. The third-order valence-corrected chi connectivity index (χ3v) is 2.80. The molecule has 20 heavy (non-hydrogen) atoms. The quantitative estimate of drug-likeness (QED) is 0.895. The summed E-state index contributed by atoms with van der Waals surface area (Å²) in [5.74, 6) is -1.34. The monoisotopic (exact) mass is 274 g/mol. The van der Waals surface area contributed by atoms with Gasteiger partial charge in [-0.2, -0.15) is 5.26 Å². The summed E-state index contributed by atoms with van der Waals surface area (Å²) >= 11 is 0. The molecule has 0 aliphatic heterocycles. The molecular formula is C14H11FN2O3. The van der Waals surface area contributed by atoms with Gasteiger partial charge >= 0.3 is 5.97 Å². The summed E-state index contributed by atoms with van der Waals surface area (Å²) in [7, 11) is 0. The van der Waals surface area contributed by atoms with Gasteiger partial charge in [0.05, 0.1) is 5.56 Å². The van der Waals surface area contributed by atoms with Crippen molar-refractivity contribution in [1.29, 1.82) is 5.26 Å². The van der Waals surface area contributed by atoms with Gasteiger partial charge < -0.3 is 14.8 Å². The van der Waals surface area contributed by atoms with Crippen molar-refractivity contribution in [1.82, 2.24) is 0 Å². The molecule has 0 saturated carbocycles. The number of hydrogen-bond donors (Lipinski definition) is 2. The first-order valence-corrected chi connectivity index (χ1v) is 5.77. The van der Waals surface area contributed by atoms with Crippen LogP contribution in [0.5, 0.6) is 0 Å². The summed E-state index contributed by atoms with van der Waals surface area (Å²) < 4.78 is 18.2. The molecule has 5 nitrogen and oxygen atoms in total. The van der Waals surface area contributed by atoms with E-state index in [0.29, 0.717) is 23.6 Å². The number of nitrogens with one attached hydrogen (secondary N) is 1. The fraction of sp³-hybridized carbons (Fsp3) is 0.143. The van der Waals surface area contributed by atoms with E-state index in [1.165, 1.54) is 24.3 Å². The van der Waals surface area contributed by atoms with E-state index in [9.17, 15) is 9.18 Å². The number of nitriles is 1. The minimum absolute atomic E-state index is 0.0508. The molecule has 2 aromatic rings. The van der Waals surface area contributed by atoms with Gasteiger partial charge in [0.2, 0.25) is 5.76 Å². The van der Waals surface area contributed by atoms with Crippen LogP contribution in [-0.4, -0.2) is 11.1 Å². The lowest BCUT2D eigenvalue weighted by Crippen LogP contribution is -2.00. The first-order valence-electron chi connectivity index (χ1n) is 5.77. The molecule has 0 fully saturated rings. The average Bonchev–Trinajstić information content (AvgIpc) is 2.79. The van der Waals surface area contributed by atoms with Crippen LogP contribution in [0.2, 0.25) is 0 Å². The molecule has 0 unspecified atom stereocenters. The summed E-state index contributed by atoms with van der Waals surface area (Å²) in [6.07, 6.45) is 0. The van der Waals surface area contributed by atoms with Crippen molar-refractivity contribution < 1.29 is 18.7 Å². The second-order valence-corrected chi connectivity index (χ2v) is 4.16. The van der Waals surface area contributed by atoms with Crippen LogP contribution in [0.25, 0.3) is 0 Å². The summed E-state index contributed by atoms with van der Waals surface area (Å²) in [6, 6.07) is 7.28. The zero-order valence-corrected chi connectivity index (χ0v) is 10.6. The SMILES string of the molecule is Cc1oc(C(=O)O)cc1CNc1ccc(F)c(C#N)c1. The van der Waals surface area contributed by atoms with Gasteiger partial charge in [-0.1, -0.05) is 0 Å². The number of furan rings is 1. The van der Waals surface area contributed by atoms with E-state index in [-0.39, 0.29) is 11.3 Å². The minimum Gasteiger partial charge on any atom is -0.475 e. The van der Waals surface area contributed by atoms with E-state index in [0.717, 1.165) is 0 Å². The number of carbonyl (C=O) groups is 1. The van der Waals surface area contributed by atoms with Gasteiger partial charge in [-0.25, -0.2) is 9.18 Å². The van der Waals surface area contributed by atoms with Crippen LogP contribution in [-0.2, 0) is 6.54 Å². The van der Waals surface area contributed by atoms with Crippen molar-refractivity contribution in [3.05, 3.63) is 52.7 Å². The molecule has 102 valence electrons. The number of halogens is 1. The highest BCUT2D eigenvalue weighted by atomic mass is 19.1. The van der Waals surface area contributed by atoms with Crippen LogP contribution in [0.3, 0.4) is 0 Å². The molecule has 0 aliphatic rings. The van der Waals surface area contributed by atoms with E-state index < -0.39 is 11.8 Å². The number of hydrogen-bond acceptors (Lipinski definition) is 4. The van der Waals surface area contributed by atoms with Gasteiger partial charge in [-0.3, -0.25) is 0 Å². The Hall–Kier alpha value is -2.81. The molecule has 2 rings (SSSR count). The van der Waals surface area contributed by atoms with Crippen molar-refractivity contribution in [3.8, 4) is 6.07 Å².